The molecule has 1 saturated heterocycles. The van der Waals surface area contributed by atoms with E-state index in [-0.39, 0.29) is 35.0 Å². The average molecular weight is 369 g/mol. The molecule has 1 aliphatic rings. The lowest BCUT2D eigenvalue weighted by atomic mass is 10.2. The molecule has 2 aromatic rings. The van der Waals surface area contributed by atoms with E-state index in [2.05, 4.69) is 4.98 Å². The Labute approximate surface area is 143 Å². The summed E-state index contributed by atoms with van der Waals surface area (Å²) in [4.78, 5) is 17.0. The molecule has 0 spiro atoms. The van der Waals surface area contributed by atoms with E-state index in [0.29, 0.717) is 16.9 Å². The number of nitrogens with zero attached hydrogens (tertiary/aromatic N) is 2. The smallest absolute Gasteiger partial charge is 0.272 e. The molecule has 0 radical (unpaired) electrons. The molecule has 1 fully saturated rings. The van der Waals surface area contributed by atoms with Crippen molar-refractivity contribution in [2.24, 2.45) is 0 Å². The second-order valence-corrected chi connectivity index (χ2v) is 8.38. The molecule has 0 bridgehead atoms. The molecule has 1 N–H and O–H groups in total. The number of nitrogens with one attached hydrogen (secondary N) is 1. The minimum Gasteiger partial charge on any atom is -0.336 e. The van der Waals surface area contributed by atoms with Gasteiger partial charge in [0.05, 0.1) is 11.5 Å². The molecule has 1 amide bonds. The summed E-state index contributed by atoms with van der Waals surface area (Å²) in [6, 6.07) is 5.26. The van der Waals surface area contributed by atoms with Crippen molar-refractivity contribution in [1.29, 1.82) is 0 Å². The minimum atomic E-state index is -3.09. The first-order valence-electron chi connectivity index (χ1n) is 7.32. The van der Waals surface area contributed by atoms with Crippen LogP contribution in [0.4, 0.5) is 4.39 Å². The number of rotatable bonds is 3. The quantitative estimate of drug-likeness (QED) is 0.839. The molecule has 6 nitrogen and oxygen atoms in total. The van der Waals surface area contributed by atoms with Crippen LogP contribution in [0.5, 0.6) is 0 Å². The second-order valence-electron chi connectivity index (χ2n) is 5.76. The summed E-state index contributed by atoms with van der Waals surface area (Å²) in [6.07, 6.45) is 1.90. The van der Waals surface area contributed by atoms with Gasteiger partial charge in [-0.15, -0.1) is 0 Å². The van der Waals surface area contributed by atoms with Crippen molar-refractivity contribution in [3.05, 3.63) is 46.7 Å². The van der Waals surface area contributed by atoms with Gasteiger partial charge in [0.1, 0.15) is 11.5 Å². The summed E-state index contributed by atoms with van der Waals surface area (Å²) in [5, 5.41) is 0. The van der Waals surface area contributed by atoms with Crippen molar-refractivity contribution >= 4 is 28.0 Å². The van der Waals surface area contributed by atoms with Gasteiger partial charge in [0, 0.05) is 25.0 Å². The Balaban J connectivity index is 1.94. The lowest BCUT2D eigenvalue weighted by Gasteiger charge is -2.23. The first kappa shape index (κ1) is 16.8. The van der Waals surface area contributed by atoms with Gasteiger partial charge in [-0.3, -0.25) is 9.36 Å². The fraction of sp³-hybridized carbons (Fsp3) is 0.333. The molecule has 1 unspecified atom stereocenters. The summed E-state index contributed by atoms with van der Waals surface area (Å²) >= 11 is 5.21. The number of carbonyl (C=O) groups excluding carboxylic acids is 1. The fourth-order valence-corrected chi connectivity index (χ4v) is 4.84. The van der Waals surface area contributed by atoms with Crippen molar-refractivity contribution in [2.45, 2.75) is 12.5 Å². The van der Waals surface area contributed by atoms with Crippen LogP contribution in [0.15, 0.2) is 30.5 Å². The van der Waals surface area contributed by atoms with E-state index in [9.17, 15) is 17.6 Å². The number of carbonyl (C=O) groups is 1. The molecule has 1 aromatic carbocycles. The number of hydrogen-bond acceptors (Lipinski definition) is 4. The summed E-state index contributed by atoms with van der Waals surface area (Å²) in [5.41, 5.74) is 0.830. The van der Waals surface area contributed by atoms with Gasteiger partial charge in [0.15, 0.2) is 14.6 Å². The number of imidazole rings is 1. The van der Waals surface area contributed by atoms with Gasteiger partial charge in [-0.1, -0.05) is 0 Å². The van der Waals surface area contributed by atoms with E-state index in [1.54, 1.807) is 7.05 Å². The molecule has 1 aromatic heterocycles. The number of aromatic nitrogens is 2. The van der Waals surface area contributed by atoms with E-state index in [1.807, 2.05) is 0 Å². The normalized spacial score (nSPS) is 19.3. The molecule has 128 valence electrons. The Kier molecular flexibility index (Phi) is 4.31. The number of hydrogen-bond donors (Lipinski definition) is 1. The van der Waals surface area contributed by atoms with Crippen LogP contribution in [0.3, 0.4) is 0 Å². The number of amides is 1. The molecule has 3 rings (SSSR count). The molecule has 1 aliphatic heterocycles. The highest BCUT2D eigenvalue weighted by atomic mass is 32.2. The van der Waals surface area contributed by atoms with Crippen LogP contribution in [0.1, 0.15) is 16.9 Å². The number of benzene rings is 1. The first-order valence-corrected chi connectivity index (χ1v) is 9.55. The molecular formula is C15H16FN3O3S2. The van der Waals surface area contributed by atoms with Crippen LogP contribution in [0, 0.1) is 10.6 Å². The Morgan fingerprint density at radius 3 is 2.62 bits per heavy atom. The van der Waals surface area contributed by atoms with E-state index < -0.39 is 9.84 Å². The SMILES string of the molecule is CN(C(=O)c1c[nH]c(=S)n1-c1ccc(F)cc1)C1CCS(=O)(=O)C1. The zero-order chi connectivity index (χ0) is 17.5. The number of aromatic amines is 1. The molecule has 9 heteroatoms. The fourth-order valence-electron chi connectivity index (χ4n) is 2.80. The monoisotopic (exact) mass is 369 g/mol. The standard InChI is InChI=1S/C15H16FN3O3S2/c1-18(12-6-7-24(21,22)9-12)14(20)13-8-17-15(23)19(13)11-4-2-10(16)3-5-11/h2-5,8,12H,6-7,9H2,1H3,(H,17,23). The van der Waals surface area contributed by atoms with E-state index in [1.165, 1.54) is 39.9 Å². The van der Waals surface area contributed by atoms with Crippen LogP contribution in [0.2, 0.25) is 0 Å². The predicted octanol–water partition coefficient (Wildman–Crippen LogP) is 1.93. The second kappa shape index (κ2) is 6.14. The summed E-state index contributed by atoms with van der Waals surface area (Å²) in [5.74, 6) is -0.667. The maximum atomic E-state index is 13.1. The molecule has 1 atom stereocenters. The van der Waals surface area contributed by atoms with Crippen LogP contribution >= 0.6 is 12.2 Å². The minimum absolute atomic E-state index is 0.0308. The third kappa shape index (κ3) is 3.13. The topological polar surface area (TPSA) is 75.2 Å². The zero-order valence-electron chi connectivity index (χ0n) is 12.9. The summed E-state index contributed by atoms with van der Waals surface area (Å²) in [6.45, 7) is 0. The maximum Gasteiger partial charge on any atom is 0.272 e. The van der Waals surface area contributed by atoms with E-state index in [4.69, 9.17) is 12.2 Å². The number of halogens is 1. The van der Waals surface area contributed by atoms with Gasteiger partial charge in [-0.05, 0) is 42.9 Å². The summed E-state index contributed by atoms with van der Waals surface area (Å²) < 4.78 is 38.2. The maximum absolute atomic E-state index is 13.1. The van der Waals surface area contributed by atoms with Crippen LogP contribution in [-0.2, 0) is 9.84 Å². The third-order valence-electron chi connectivity index (χ3n) is 4.16. The number of H-pyrrole nitrogens is 1. The lowest BCUT2D eigenvalue weighted by molar-refractivity contribution is 0.0739. The van der Waals surface area contributed by atoms with Gasteiger partial charge in [0.2, 0.25) is 0 Å². The average Bonchev–Trinajstić information content (AvgIpc) is 3.09. The molecule has 2 heterocycles. The number of sulfone groups is 1. The highest BCUT2D eigenvalue weighted by molar-refractivity contribution is 7.91. The third-order valence-corrected chi connectivity index (χ3v) is 6.21. The van der Waals surface area contributed by atoms with Crippen LogP contribution < -0.4 is 0 Å². The molecule has 24 heavy (non-hydrogen) atoms. The van der Waals surface area contributed by atoms with Gasteiger partial charge in [-0.2, -0.15) is 0 Å². The van der Waals surface area contributed by atoms with Gasteiger partial charge >= 0.3 is 0 Å². The van der Waals surface area contributed by atoms with Gasteiger partial charge < -0.3 is 9.88 Å². The van der Waals surface area contributed by atoms with Gasteiger partial charge in [0.25, 0.3) is 5.91 Å². The van der Waals surface area contributed by atoms with Crippen molar-refractivity contribution in [2.75, 3.05) is 18.6 Å². The van der Waals surface area contributed by atoms with Crippen LogP contribution in [-0.4, -0.2) is 53.4 Å². The zero-order valence-corrected chi connectivity index (χ0v) is 14.5. The largest absolute Gasteiger partial charge is 0.336 e. The lowest BCUT2D eigenvalue weighted by Crippen LogP contribution is -2.38. The van der Waals surface area contributed by atoms with E-state index >= 15 is 0 Å². The highest BCUT2D eigenvalue weighted by Crippen LogP contribution is 2.20. The Hall–Kier alpha value is -2.00. The van der Waals surface area contributed by atoms with Gasteiger partial charge in [-0.25, -0.2) is 12.8 Å². The van der Waals surface area contributed by atoms with E-state index in [0.717, 1.165) is 0 Å². The molecule has 0 aliphatic carbocycles. The van der Waals surface area contributed by atoms with Crippen molar-refractivity contribution in [1.82, 2.24) is 14.5 Å². The Morgan fingerprint density at radius 1 is 1.38 bits per heavy atom. The Bertz CT molecular complexity index is 932. The van der Waals surface area contributed by atoms with Crippen LogP contribution in [0.25, 0.3) is 5.69 Å². The first-order chi connectivity index (χ1) is 11.3. The molecular weight excluding hydrogens is 353 g/mol. The van der Waals surface area contributed by atoms with Crippen molar-refractivity contribution in [3.63, 3.8) is 0 Å². The van der Waals surface area contributed by atoms with Crippen molar-refractivity contribution < 1.29 is 17.6 Å². The molecule has 0 saturated carbocycles. The Morgan fingerprint density at radius 2 is 2.04 bits per heavy atom. The predicted molar refractivity (Wildman–Crippen MR) is 90.1 cm³/mol. The highest BCUT2D eigenvalue weighted by Gasteiger charge is 2.34. The summed E-state index contributed by atoms with van der Waals surface area (Å²) in [7, 11) is -1.51. The van der Waals surface area contributed by atoms with Crippen molar-refractivity contribution in [3.8, 4) is 5.69 Å².